The molecule has 1 aromatic rings. The molecule has 1 fully saturated rings. The first-order chi connectivity index (χ1) is 11.2. The Bertz CT molecular complexity index is 497. The number of aliphatic hydroxyl groups excluding tert-OH is 1. The molecule has 0 aromatic heterocycles. The summed E-state index contributed by atoms with van der Waals surface area (Å²) in [6, 6.07) is 8.72. The molecule has 1 saturated carbocycles. The third-order valence-electron chi connectivity index (χ3n) is 4.10. The van der Waals surface area contributed by atoms with Gasteiger partial charge < -0.3 is 20.5 Å². The maximum absolute atomic E-state index is 9.60. The molecule has 5 heteroatoms. The van der Waals surface area contributed by atoms with Crippen LogP contribution < -0.4 is 10.6 Å². The summed E-state index contributed by atoms with van der Waals surface area (Å²) in [6.45, 7) is 4.18. The molecule has 0 bridgehead atoms. The van der Waals surface area contributed by atoms with Crippen molar-refractivity contribution in [1.82, 2.24) is 10.6 Å². The maximum atomic E-state index is 9.60. The minimum atomic E-state index is -0.129. The van der Waals surface area contributed by atoms with Crippen LogP contribution in [0.15, 0.2) is 29.3 Å². The molecule has 0 aliphatic heterocycles. The van der Waals surface area contributed by atoms with Crippen molar-refractivity contribution < 1.29 is 9.84 Å². The molecule has 3 N–H and O–H groups in total. The summed E-state index contributed by atoms with van der Waals surface area (Å²) in [5.74, 6) is 0.853. The van der Waals surface area contributed by atoms with Gasteiger partial charge in [0.1, 0.15) is 0 Å². The van der Waals surface area contributed by atoms with Crippen molar-refractivity contribution in [2.75, 3.05) is 13.7 Å². The lowest BCUT2D eigenvalue weighted by atomic mass is 9.93. The van der Waals surface area contributed by atoms with Gasteiger partial charge in [0.05, 0.1) is 19.3 Å². The van der Waals surface area contributed by atoms with Gasteiger partial charge in [-0.25, -0.2) is 4.99 Å². The summed E-state index contributed by atoms with van der Waals surface area (Å²) in [6.07, 6.45) is 3.60. The number of nitrogens with zero attached hydrogens (tertiary/aromatic N) is 1. The Hall–Kier alpha value is -1.59. The Morgan fingerprint density at radius 2 is 2.00 bits per heavy atom. The van der Waals surface area contributed by atoms with Gasteiger partial charge >= 0.3 is 0 Å². The lowest BCUT2D eigenvalue weighted by molar-refractivity contribution is 0.120. The van der Waals surface area contributed by atoms with Crippen molar-refractivity contribution in [3.05, 3.63) is 35.4 Å². The Morgan fingerprint density at radius 3 is 2.70 bits per heavy atom. The van der Waals surface area contributed by atoms with Crippen molar-refractivity contribution in [1.29, 1.82) is 0 Å². The second-order valence-electron chi connectivity index (χ2n) is 6.10. The van der Waals surface area contributed by atoms with Gasteiger partial charge in [-0.2, -0.15) is 0 Å². The zero-order valence-corrected chi connectivity index (χ0v) is 14.2. The van der Waals surface area contributed by atoms with Crippen LogP contribution in [-0.4, -0.2) is 36.9 Å². The van der Waals surface area contributed by atoms with E-state index in [1.165, 1.54) is 11.1 Å². The average molecular weight is 319 g/mol. The van der Waals surface area contributed by atoms with E-state index in [9.17, 15) is 5.11 Å². The minimum absolute atomic E-state index is 0.129. The zero-order valence-electron chi connectivity index (χ0n) is 14.2. The van der Waals surface area contributed by atoms with Gasteiger partial charge in [0.2, 0.25) is 0 Å². The van der Waals surface area contributed by atoms with Gasteiger partial charge in [0.15, 0.2) is 5.96 Å². The second kappa shape index (κ2) is 9.53. The van der Waals surface area contributed by atoms with Crippen molar-refractivity contribution in [2.24, 2.45) is 4.99 Å². The van der Waals surface area contributed by atoms with Gasteiger partial charge in [0.25, 0.3) is 0 Å². The summed E-state index contributed by atoms with van der Waals surface area (Å²) in [4.78, 5) is 4.69. The van der Waals surface area contributed by atoms with Gasteiger partial charge in [-0.1, -0.05) is 24.3 Å². The fraction of sp³-hybridized carbons (Fsp3) is 0.611. The number of nitrogens with one attached hydrogen (secondary N) is 2. The molecule has 1 aliphatic carbocycles. The summed E-state index contributed by atoms with van der Waals surface area (Å²) < 4.78 is 5.18. The molecule has 128 valence electrons. The highest BCUT2D eigenvalue weighted by Gasteiger charge is 2.19. The number of rotatable bonds is 6. The number of benzene rings is 1. The van der Waals surface area contributed by atoms with Gasteiger partial charge in [-0.15, -0.1) is 0 Å². The van der Waals surface area contributed by atoms with E-state index in [-0.39, 0.29) is 6.10 Å². The highest BCUT2D eigenvalue weighted by atomic mass is 16.5. The average Bonchev–Trinajstić information content (AvgIpc) is 2.56. The topological polar surface area (TPSA) is 65.9 Å². The van der Waals surface area contributed by atoms with E-state index in [0.29, 0.717) is 19.2 Å². The Morgan fingerprint density at radius 1 is 1.26 bits per heavy atom. The number of methoxy groups -OCH3 is 1. The van der Waals surface area contributed by atoms with E-state index in [1.807, 2.05) is 6.07 Å². The Kier molecular flexibility index (Phi) is 7.36. The number of guanidine groups is 1. The lowest BCUT2D eigenvalue weighted by Crippen LogP contribution is -2.45. The molecule has 0 heterocycles. The number of hydrogen-bond acceptors (Lipinski definition) is 3. The fourth-order valence-corrected chi connectivity index (χ4v) is 2.89. The molecule has 0 atom stereocenters. The first-order valence-electron chi connectivity index (χ1n) is 8.51. The molecular weight excluding hydrogens is 290 g/mol. The molecular formula is C18H29N3O2. The van der Waals surface area contributed by atoms with Crippen LogP contribution in [0.2, 0.25) is 0 Å². The lowest BCUT2D eigenvalue weighted by Gasteiger charge is -2.27. The van der Waals surface area contributed by atoms with Crippen LogP contribution in [0, 0.1) is 0 Å². The Labute approximate surface area is 139 Å². The Balaban J connectivity index is 1.93. The molecule has 0 radical (unpaired) electrons. The molecule has 0 saturated heterocycles. The minimum Gasteiger partial charge on any atom is -0.393 e. The third-order valence-corrected chi connectivity index (χ3v) is 4.10. The summed E-state index contributed by atoms with van der Waals surface area (Å²) in [5.41, 5.74) is 2.34. The monoisotopic (exact) mass is 319 g/mol. The zero-order chi connectivity index (χ0) is 16.5. The maximum Gasteiger partial charge on any atom is 0.191 e. The van der Waals surface area contributed by atoms with Crippen molar-refractivity contribution >= 4 is 5.96 Å². The number of hydrogen-bond donors (Lipinski definition) is 3. The van der Waals surface area contributed by atoms with Crippen LogP contribution in [0.25, 0.3) is 0 Å². The fourth-order valence-electron chi connectivity index (χ4n) is 2.89. The van der Waals surface area contributed by atoms with Gasteiger partial charge in [-0.05, 0) is 43.7 Å². The summed E-state index contributed by atoms with van der Waals surface area (Å²) >= 11 is 0. The first-order valence-corrected chi connectivity index (χ1v) is 8.51. The molecule has 0 unspecified atom stereocenters. The van der Waals surface area contributed by atoms with E-state index in [2.05, 4.69) is 40.7 Å². The van der Waals surface area contributed by atoms with E-state index >= 15 is 0 Å². The third kappa shape index (κ3) is 6.20. The van der Waals surface area contributed by atoms with Crippen molar-refractivity contribution in [3.8, 4) is 0 Å². The van der Waals surface area contributed by atoms with Crippen LogP contribution in [0.3, 0.4) is 0 Å². The molecule has 0 amide bonds. The predicted octanol–water partition coefficient (Wildman–Crippen LogP) is 2.19. The predicted molar refractivity (Wildman–Crippen MR) is 93.4 cm³/mol. The molecule has 5 nitrogen and oxygen atoms in total. The van der Waals surface area contributed by atoms with Gasteiger partial charge in [-0.3, -0.25) is 0 Å². The van der Waals surface area contributed by atoms with Crippen LogP contribution >= 0.6 is 0 Å². The van der Waals surface area contributed by atoms with Crippen molar-refractivity contribution in [2.45, 2.75) is 57.9 Å². The van der Waals surface area contributed by atoms with Crippen molar-refractivity contribution in [3.63, 3.8) is 0 Å². The van der Waals surface area contributed by atoms with Crippen LogP contribution in [0.1, 0.15) is 43.7 Å². The number of ether oxygens (including phenoxy) is 1. The van der Waals surface area contributed by atoms with Gasteiger partial charge in [0, 0.05) is 19.7 Å². The molecule has 23 heavy (non-hydrogen) atoms. The summed E-state index contributed by atoms with van der Waals surface area (Å²) in [5, 5.41) is 16.4. The molecule has 0 spiro atoms. The first kappa shape index (κ1) is 17.8. The smallest absolute Gasteiger partial charge is 0.191 e. The normalized spacial score (nSPS) is 22.0. The van der Waals surface area contributed by atoms with E-state index in [1.54, 1.807) is 7.11 Å². The second-order valence-corrected chi connectivity index (χ2v) is 6.10. The van der Waals surface area contributed by atoms with Crippen LogP contribution in [0.4, 0.5) is 0 Å². The van der Waals surface area contributed by atoms with E-state index in [4.69, 9.17) is 4.74 Å². The van der Waals surface area contributed by atoms with Crippen LogP contribution in [-0.2, 0) is 17.9 Å². The largest absolute Gasteiger partial charge is 0.393 e. The number of aliphatic imine (C=N–C) groups is 1. The SMILES string of the molecule is CCNC(=NCc1cccc(COC)c1)NC1CCC(O)CC1. The van der Waals surface area contributed by atoms with Crippen LogP contribution in [0.5, 0.6) is 0 Å². The standard InChI is InChI=1S/C18H29N3O2/c1-3-19-18(21-16-7-9-17(22)10-8-16)20-12-14-5-4-6-15(11-14)13-23-2/h4-6,11,16-17,22H,3,7-10,12-13H2,1-2H3,(H2,19,20,21). The highest BCUT2D eigenvalue weighted by Crippen LogP contribution is 2.18. The highest BCUT2D eigenvalue weighted by molar-refractivity contribution is 5.80. The molecule has 1 aromatic carbocycles. The summed E-state index contributed by atoms with van der Waals surface area (Å²) in [7, 11) is 1.71. The number of aliphatic hydroxyl groups is 1. The quantitative estimate of drug-likeness (QED) is 0.555. The van der Waals surface area contributed by atoms with E-state index in [0.717, 1.165) is 38.2 Å². The van der Waals surface area contributed by atoms with E-state index < -0.39 is 0 Å². The molecule has 1 aliphatic rings. The molecule has 2 rings (SSSR count).